The molecule has 1 aromatic carbocycles. The first-order valence-electron chi connectivity index (χ1n) is 5.41. The van der Waals surface area contributed by atoms with Crippen LogP contribution in [0.4, 0.5) is 0 Å². The third-order valence-corrected chi connectivity index (χ3v) is 3.02. The van der Waals surface area contributed by atoms with E-state index in [-0.39, 0.29) is 0 Å². The molecule has 0 atom stereocenters. The van der Waals surface area contributed by atoms with E-state index in [0.717, 1.165) is 15.8 Å². The van der Waals surface area contributed by atoms with Crippen LogP contribution in [0.3, 0.4) is 0 Å². The van der Waals surface area contributed by atoms with Crippen LogP contribution in [0.2, 0.25) is 5.02 Å². The quantitative estimate of drug-likeness (QED) is 0.762. The fraction of sp³-hybridized carbons (Fsp3) is 0.0714. The first kappa shape index (κ1) is 13.1. The minimum Gasteiger partial charge on any atom is -0.437 e. The highest BCUT2D eigenvalue weighted by molar-refractivity contribution is 9.10. The van der Waals surface area contributed by atoms with E-state index in [0.29, 0.717) is 10.9 Å². The van der Waals surface area contributed by atoms with Gasteiger partial charge in [-0.2, -0.15) is 0 Å². The summed E-state index contributed by atoms with van der Waals surface area (Å²) in [5.74, 6) is 1.25. The van der Waals surface area contributed by atoms with E-state index >= 15 is 0 Å². The lowest BCUT2D eigenvalue weighted by atomic mass is 10.2. The highest BCUT2D eigenvalue weighted by atomic mass is 79.9. The Bertz CT molecular complexity index is 584. The largest absolute Gasteiger partial charge is 0.437 e. The van der Waals surface area contributed by atoms with Crippen molar-refractivity contribution in [2.45, 2.75) is 6.92 Å². The van der Waals surface area contributed by atoms with Gasteiger partial charge < -0.3 is 4.74 Å². The number of rotatable bonds is 3. The van der Waals surface area contributed by atoms with E-state index in [1.165, 1.54) is 0 Å². The minimum absolute atomic E-state index is 0.497. The zero-order valence-corrected chi connectivity index (χ0v) is 12.1. The summed E-state index contributed by atoms with van der Waals surface area (Å²) < 4.78 is 6.51. The van der Waals surface area contributed by atoms with E-state index in [1.807, 2.05) is 43.3 Å². The second-order valence-corrected chi connectivity index (χ2v) is 4.87. The summed E-state index contributed by atoms with van der Waals surface area (Å²) >= 11 is 9.22. The van der Waals surface area contributed by atoms with Gasteiger partial charge in [0.05, 0.1) is 9.50 Å². The van der Waals surface area contributed by atoms with Crippen molar-refractivity contribution in [2.24, 2.45) is 0 Å². The third-order valence-electron chi connectivity index (χ3n) is 2.25. The number of hydrogen-bond acceptors (Lipinski definition) is 2. The van der Waals surface area contributed by atoms with Gasteiger partial charge in [-0.15, -0.1) is 0 Å². The van der Waals surface area contributed by atoms with Crippen molar-refractivity contribution in [3.05, 3.63) is 57.7 Å². The van der Waals surface area contributed by atoms with Gasteiger partial charge >= 0.3 is 0 Å². The molecule has 0 aliphatic rings. The molecule has 0 fully saturated rings. The molecule has 0 aliphatic carbocycles. The molecule has 92 valence electrons. The fourth-order valence-corrected chi connectivity index (χ4v) is 2.19. The number of ether oxygens (including phenoxy) is 1. The molecule has 1 heterocycles. The van der Waals surface area contributed by atoms with Crippen LogP contribution in [0.25, 0.3) is 6.08 Å². The summed E-state index contributed by atoms with van der Waals surface area (Å²) in [5.41, 5.74) is 1.00. The monoisotopic (exact) mass is 323 g/mol. The molecule has 0 spiro atoms. The minimum atomic E-state index is 0.497. The smallest absolute Gasteiger partial charge is 0.233 e. The van der Waals surface area contributed by atoms with Crippen LogP contribution in [0, 0.1) is 0 Å². The second-order valence-electron chi connectivity index (χ2n) is 3.58. The number of para-hydroxylation sites is 1. The van der Waals surface area contributed by atoms with Crippen molar-refractivity contribution in [3.8, 4) is 11.6 Å². The van der Waals surface area contributed by atoms with Crippen LogP contribution in [0.15, 0.2) is 47.1 Å². The maximum Gasteiger partial charge on any atom is 0.233 e. The molecule has 4 heteroatoms. The standard InChI is InChI=1S/C14H11BrClNO/c1-2-5-10-6-3-4-7-13(10)18-14-12(15)8-11(16)9-17-14/h2-9H,1H3/b5-2+. The number of aromatic nitrogens is 1. The Labute approximate surface area is 119 Å². The molecule has 0 amide bonds. The van der Waals surface area contributed by atoms with Gasteiger partial charge in [-0.05, 0) is 35.0 Å². The maximum absolute atomic E-state index is 5.84. The van der Waals surface area contributed by atoms with Crippen molar-refractivity contribution >= 4 is 33.6 Å². The van der Waals surface area contributed by atoms with Crippen molar-refractivity contribution < 1.29 is 4.74 Å². The topological polar surface area (TPSA) is 22.1 Å². The number of allylic oxidation sites excluding steroid dienone is 1. The average molecular weight is 325 g/mol. The maximum atomic E-state index is 5.84. The predicted octanol–water partition coefficient (Wildman–Crippen LogP) is 5.32. The van der Waals surface area contributed by atoms with Gasteiger partial charge in [0.15, 0.2) is 0 Å². The molecule has 0 saturated heterocycles. The first-order valence-corrected chi connectivity index (χ1v) is 6.58. The molecule has 2 rings (SSSR count). The lowest BCUT2D eigenvalue weighted by Gasteiger charge is -2.09. The predicted molar refractivity (Wildman–Crippen MR) is 78.2 cm³/mol. The Morgan fingerprint density at radius 1 is 1.33 bits per heavy atom. The Morgan fingerprint density at radius 2 is 2.11 bits per heavy atom. The van der Waals surface area contributed by atoms with Crippen LogP contribution >= 0.6 is 27.5 Å². The molecule has 2 aromatic rings. The summed E-state index contributed by atoms with van der Waals surface area (Å²) in [7, 11) is 0. The second kappa shape index (κ2) is 6.03. The van der Waals surface area contributed by atoms with Crippen molar-refractivity contribution in [1.82, 2.24) is 4.98 Å². The zero-order valence-electron chi connectivity index (χ0n) is 9.73. The van der Waals surface area contributed by atoms with Gasteiger partial charge in [0.25, 0.3) is 0 Å². The molecule has 0 aliphatic heterocycles. The summed E-state index contributed by atoms with van der Waals surface area (Å²) in [6.07, 6.45) is 5.51. The number of benzene rings is 1. The van der Waals surface area contributed by atoms with Gasteiger partial charge in [-0.3, -0.25) is 0 Å². The SMILES string of the molecule is C/C=C/c1ccccc1Oc1ncc(Cl)cc1Br. The molecule has 0 N–H and O–H groups in total. The van der Waals surface area contributed by atoms with E-state index in [9.17, 15) is 0 Å². The van der Waals surface area contributed by atoms with Gasteiger partial charge in [-0.1, -0.05) is 42.0 Å². The summed E-state index contributed by atoms with van der Waals surface area (Å²) in [6, 6.07) is 9.53. The van der Waals surface area contributed by atoms with Crippen LogP contribution in [-0.2, 0) is 0 Å². The molecule has 0 bridgehead atoms. The Balaban J connectivity index is 2.34. The normalized spacial score (nSPS) is 10.8. The van der Waals surface area contributed by atoms with Crippen molar-refractivity contribution in [2.75, 3.05) is 0 Å². The van der Waals surface area contributed by atoms with E-state index in [1.54, 1.807) is 12.3 Å². The number of nitrogens with zero attached hydrogens (tertiary/aromatic N) is 1. The van der Waals surface area contributed by atoms with E-state index < -0.39 is 0 Å². The lowest BCUT2D eigenvalue weighted by Crippen LogP contribution is -1.91. The molecule has 0 saturated carbocycles. The zero-order chi connectivity index (χ0) is 13.0. The summed E-state index contributed by atoms with van der Waals surface area (Å²) in [6.45, 7) is 1.97. The number of pyridine rings is 1. The molecular formula is C14H11BrClNO. The van der Waals surface area contributed by atoms with Crippen LogP contribution < -0.4 is 4.74 Å². The molecule has 2 nitrogen and oxygen atoms in total. The summed E-state index contributed by atoms with van der Waals surface area (Å²) in [4.78, 5) is 4.15. The molecule has 0 unspecified atom stereocenters. The van der Waals surface area contributed by atoms with E-state index in [4.69, 9.17) is 16.3 Å². The van der Waals surface area contributed by atoms with Gasteiger partial charge in [-0.25, -0.2) is 4.98 Å². The molecule has 1 aromatic heterocycles. The Kier molecular flexibility index (Phi) is 4.39. The Morgan fingerprint density at radius 3 is 2.83 bits per heavy atom. The third kappa shape index (κ3) is 3.12. The van der Waals surface area contributed by atoms with Crippen molar-refractivity contribution in [1.29, 1.82) is 0 Å². The van der Waals surface area contributed by atoms with Crippen molar-refractivity contribution in [3.63, 3.8) is 0 Å². The molecular weight excluding hydrogens is 314 g/mol. The molecule has 18 heavy (non-hydrogen) atoms. The van der Waals surface area contributed by atoms with Gasteiger partial charge in [0.1, 0.15) is 5.75 Å². The molecule has 0 radical (unpaired) electrons. The van der Waals surface area contributed by atoms with Crippen LogP contribution in [-0.4, -0.2) is 4.98 Å². The summed E-state index contributed by atoms with van der Waals surface area (Å²) in [5, 5.41) is 0.566. The average Bonchev–Trinajstić information content (AvgIpc) is 2.35. The van der Waals surface area contributed by atoms with Gasteiger partial charge in [0, 0.05) is 11.8 Å². The van der Waals surface area contributed by atoms with Gasteiger partial charge in [0.2, 0.25) is 5.88 Å². The number of halogens is 2. The highest BCUT2D eigenvalue weighted by Gasteiger charge is 2.07. The Hall–Kier alpha value is -1.32. The fourth-order valence-electron chi connectivity index (χ4n) is 1.47. The van der Waals surface area contributed by atoms with Crippen LogP contribution in [0.1, 0.15) is 12.5 Å². The number of hydrogen-bond donors (Lipinski definition) is 0. The van der Waals surface area contributed by atoms with Crippen LogP contribution in [0.5, 0.6) is 11.6 Å². The lowest BCUT2D eigenvalue weighted by molar-refractivity contribution is 0.458. The first-order chi connectivity index (χ1) is 8.70. The van der Waals surface area contributed by atoms with E-state index in [2.05, 4.69) is 20.9 Å². The highest BCUT2D eigenvalue weighted by Crippen LogP contribution is 2.31.